The molecule has 1 aromatic rings. The van der Waals surface area contributed by atoms with E-state index in [9.17, 15) is 14.0 Å². The first kappa shape index (κ1) is 15.4. The van der Waals surface area contributed by atoms with E-state index >= 15 is 0 Å². The molecular weight excluding hydrogens is 273 g/mol. The van der Waals surface area contributed by atoms with Crippen molar-refractivity contribution in [2.45, 2.75) is 26.8 Å². The first-order valence-electron chi connectivity index (χ1n) is 5.61. The van der Waals surface area contributed by atoms with E-state index in [0.717, 1.165) is 12.1 Å². The van der Waals surface area contributed by atoms with Crippen molar-refractivity contribution in [2.24, 2.45) is 5.41 Å². The summed E-state index contributed by atoms with van der Waals surface area (Å²) in [5, 5.41) is 11.6. The van der Waals surface area contributed by atoms with Gasteiger partial charge >= 0.3 is 5.97 Å². The fourth-order valence-corrected chi connectivity index (χ4v) is 1.70. The van der Waals surface area contributed by atoms with Crippen molar-refractivity contribution in [3.63, 3.8) is 0 Å². The maximum atomic E-state index is 13.5. The Kier molecular flexibility index (Phi) is 4.52. The number of benzene rings is 1. The van der Waals surface area contributed by atoms with Gasteiger partial charge < -0.3 is 10.4 Å². The molecule has 0 spiro atoms. The van der Waals surface area contributed by atoms with E-state index in [1.165, 1.54) is 6.07 Å². The topological polar surface area (TPSA) is 66.4 Å². The highest BCUT2D eigenvalue weighted by Crippen LogP contribution is 2.21. The van der Waals surface area contributed by atoms with Gasteiger partial charge in [-0.05, 0) is 23.6 Å². The molecule has 0 aliphatic carbocycles. The molecule has 4 nitrogen and oxygen atoms in total. The summed E-state index contributed by atoms with van der Waals surface area (Å²) in [6, 6.07) is 2.41. The molecule has 0 saturated heterocycles. The summed E-state index contributed by atoms with van der Waals surface area (Å²) >= 11 is 5.69. The van der Waals surface area contributed by atoms with Crippen LogP contribution in [0.25, 0.3) is 0 Å². The fourth-order valence-electron chi connectivity index (χ4n) is 1.53. The molecule has 0 saturated carbocycles. The smallest absolute Gasteiger partial charge is 0.326 e. The molecule has 0 fully saturated rings. The minimum Gasteiger partial charge on any atom is -0.480 e. The number of hydrogen-bond donors (Lipinski definition) is 2. The average Bonchev–Trinajstić information content (AvgIpc) is 2.26. The molecule has 6 heteroatoms. The molecule has 0 aliphatic rings. The molecule has 104 valence electrons. The van der Waals surface area contributed by atoms with Crippen LogP contribution in [0.5, 0.6) is 0 Å². The summed E-state index contributed by atoms with van der Waals surface area (Å²) < 4.78 is 13.5. The Morgan fingerprint density at radius 2 is 1.95 bits per heavy atom. The highest BCUT2D eigenvalue weighted by Gasteiger charge is 2.33. The van der Waals surface area contributed by atoms with E-state index in [-0.39, 0.29) is 10.6 Å². The monoisotopic (exact) mass is 287 g/mol. The van der Waals surface area contributed by atoms with Crippen LogP contribution < -0.4 is 5.32 Å². The highest BCUT2D eigenvalue weighted by molar-refractivity contribution is 6.31. The maximum Gasteiger partial charge on any atom is 0.326 e. The van der Waals surface area contributed by atoms with Gasteiger partial charge in [0.2, 0.25) is 0 Å². The fraction of sp³-hybridized carbons (Fsp3) is 0.385. The van der Waals surface area contributed by atoms with Gasteiger partial charge in [0.05, 0.1) is 5.56 Å². The Labute approximate surface area is 115 Å². The van der Waals surface area contributed by atoms with Gasteiger partial charge in [0, 0.05) is 5.02 Å². The van der Waals surface area contributed by atoms with E-state index in [1.807, 2.05) is 0 Å². The highest BCUT2D eigenvalue weighted by atomic mass is 35.5. The Bertz CT molecular complexity index is 511. The number of carboxylic acids is 1. The molecule has 0 radical (unpaired) electrons. The van der Waals surface area contributed by atoms with Gasteiger partial charge in [0.15, 0.2) is 0 Å². The minimum absolute atomic E-state index is 0.203. The van der Waals surface area contributed by atoms with Gasteiger partial charge in [-0.2, -0.15) is 0 Å². The predicted octanol–water partition coefficient (Wildman–Crippen LogP) is 2.71. The van der Waals surface area contributed by atoms with Gasteiger partial charge in [0.1, 0.15) is 11.9 Å². The van der Waals surface area contributed by atoms with E-state index < -0.39 is 29.2 Å². The third-order valence-electron chi connectivity index (χ3n) is 2.56. The predicted molar refractivity (Wildman–Crippen MR) is 69.8 cm³/mol. The Morgan fingerprint density at radius 1 is 1.37 bits per heavy atom. The van der Waals surface area contributed by atoms with E-state index in [2.05, 4.69) is 5.32 Å². The van der Waals surface area contributed by atoms with Crippen LogP contribution in [0.4, 0.5) is 4.39 Å². The van der Waals surface area contributed by atoms with E-state index in [1.54, 1.807) is 20.8 Å². The molecule has 1 amide bonds. The summed E-state index contributed by atoms with van der Waals surface area (Å²) in [6.45, 7) is 5.00. The lowest BCUT2D eigenvalue weighted by Gasteiger charge is -2.27. The van der Waals surface area contributed by atoms with Crippen LogP contribution in [0, 0.1) is 11.2 Å². The van der Waals surface area contributed by atoms with Crippen molar-refractivity contribution in [2.75, 3.05) is 0 Å². The van der Waals surface area contributed by atoms with Crippen LogP contribution in [-0.4, -0.2) is 23.0 Å². The molecular formula is C13H15ClFNO3. The number of halogens is 2. The number of hydrogen-bond acceptors (Lipinski definition) is 2. The SMILES string of the molecule is CC(C)(C)C(NC(=O)c1cc(Cl)ccc1F)C(=O)O. The maximum absolute atomic E-state index is 13.5. The van der Waals surface area contributed by atoms with Gasteiger partial charge in [0.25, 0.3) is 5.91 Å². The van der Waals surface area contributed by atoms with Crippen LogP contribution in [0.15, 0.2) is 18.2 Å². The quantitative estimate of drug-likeness (QED) is 0.898. The molecule has 1 rings (SSSR count). The first-order valence-corrected chi connectivity index (χ1v) is 5.99. The standard InChI is InChI=1S/C13H15ClFNO3/c1-13(2,3)10(12(18)19)16-11(17)8-6-7(14)4-5-9(8)15/h4-6,10H,1-3H3,(H,16,17)(H,18,19). The lowest BCUT2D eigenvalue weighted by molar-refractivity contribution is -0.142. The first-order chi connectivity index (χ1) is 8.62. The van der Waals surface area contributed by atoms with Gasteiger partial charge in [-0.25, -0.2) is 9.18 Å². The van der Waals surface area contributed by atoms with Crippen LogP contribution >= 0.6 is 11.6 Å². The van der Waals surface area contributed by atoms with E-state index in [0.29, 0.717) is 0 Å². The van der Waals surface area contributed by atoms with Crippen molar-refractivity contribution in [3.05, 3.63) is 34.6 Å². The molecule has 1 atom stereocenters. The third kappa shape index (κ3) is 3.92. The number of aliphatic carboxylic acids is 1. The van der Waals surface area contributed by atoms with Crippen molar-refractivity contribution >= 4 is 23.5 Å². The number of nitrogens with one attached hydrogen (secondary N) is 1. The largest absolute Gasteiger partial charge is 0.480 e. The summed E-state index contributed by atoms with van der Waals surface area (Å²) in [6.07, 6.45) is 0. The second-order valence-corrected chi connectivity index (χ2v) is 5.67. The normalized spacial score (nSPS) is 12.9. The van der Waals surface area contributed by atoms with Crippen LogP contribution in [0.1, 0.15) is 31.1 Å². The molecule has 2 N–H and O–H groups in total. The number of carbonyl (C=O) groups excluding carboxylic acids is 1. The van der Waals surface area contributed by atoms with Crippen molar-refractivity contribution in [1.82, 2.24) is 5.32 Å². The number of carboxylic acid groups (broad SMARTS) is 1. The number of amides is 1. The lowest BCUT2D eigenvalue weighted by atomic mass is 9.86. The van der Waals surface area contributed by atoms with Crippen molar-refractivity contribution in [3.8, 4) is 0 Å². The van der Waals surface area contributed by atoms with Crippen molar-refractivity contribution < 1.29 is 19.1 Å². The number of rotatable bonds is 3. The Hall–Kier alpha value is -1.62. The Balaban J connectivity index is 3.01. The summed E-state index contributed by atoms with van der Waals surface area (Å²) in [5.41, 5.74) is -0.973. The molecule has 0 bridgehead atoms. The molecule has 1 unspecified atom stereocenters. The average molecular weight is 288 g/mol. The third-order valence-corrected chi connectivity index (χ3v) is 2.80. The zero-order valence-electron chi connectivity index (χ0n) is 10.8. The molecule has 19 heavy (non-hydrogen) atoms. The van der Waals surface area contributed by atoms with Gasteiger partial charge in [-0.15, -0.1) is 0 Å². The molecule has 1 aromatic carbocycles. The lowest BCUT2D eigenvalue weighted by Crippen LogP contribution is -2.49. The van der Waals surface area contributed by atoms with Crippen LogP contribution in [0.2, 0.25) is 5.02 Å². The second kappa shape index (κ2) is 5.57. The van der Waals surface area contributed by atoms with Gasteiger partial charge in [-0.1, -0.05) is 32.4 Å². The minimum atomic E-state index is -1.18. The molecule has 0 heterocycles. The van der Waals surface area contributed by atoms with Crippen LogP contribution in [-0.2, 0) is 4.79 Å². The van der Waals surface area contributed by atoms with Crippen molar-refractivity contribution in [1.29, 1.82) is 0 Å². The number of carbonyl (C=O) groups is 2. The molecule has 0 aliphatic heterocycles. The summed E-state index contributed by atoms with van der Waals surface area (Å²) in [5.74, 6) is -2.73. The summed E-state index contributed by atoms with van der Waals surface area (Å²) in [7, 11) is 0. The van der Waals surface area contributed by atoms with E-state index in [4.69, 9.17) is 16.7 Å². The zero-order chi connectivity index (χ0) is 14.8. The second-order valence-electron chi connectivity index (χ2n) is 5.23. The zero-order valence-corrected chi connectivity index (χ0v) is 11.6. The van der Waals surface area contributed by atoms with Crippen LogP contribution in [0.3, 0.4) is 0 Å². The molecule has 0 aromatic heterocycles. The van der Waals surface area contributed by atoms with Gasteiger partial charge in [-0.3, -0.25) is 4.79 Å². The Morgan fingerprint density at radius 3 is 2.42 bits per heavy atom. The summed E-state index contributed by atoms with van der Waals surface area (Å²) in [4.78, 5) is 23.0.